The van der Waals surface area contributed by atoms with Gasteiger partial charge in [0.25, 0.3) is 0 Å². The van der Waals surface area contributed by atoms with Gasteiger partial charge in [-0.3, -0.25) is 0 Å². The molecular formula is C27H33O2PSi. The fourth-order valence-corrected chi connectivity index (χ4v) is 6.67. The molecule has 0 bridgehead atoms. The predicted octanol–water partition coefficient (Wildman–Crippen LogP) is 7.06. The van der Waals surface area contributed by atoms with Gasteiger partial charge in [-0.25, -0.2) is 0 Å². The summed E-state index contributed by atoms with van der Waals surface area (Å²) in [5, 5.41) is 1.82. The first-order valence-corrected chi connectivity index (χ1v) is 15.6. The van der Waals surface area contributed by atoms with Crippen LogP contribution >= 0.6 is 7.14 Å². The van der Waals surface area contributed by atoms with Crippen LogP contribution in [0, 0.1) is 0 Å². The van der Waals surface area contributed by atoms with Gasteiger partial charge in [0.1, 0.15) is 12.9 Å². The highest BCUT2D eigenvalue weighted by molar-refractivity contribution is 7.78. The van der Waals surface area contributed by atoms with Crippen molar-refractivity contribution in [3.05, 3.63) is 103 Å². The Balaban J connectivity index is 2.07. The SMILES string of the molecule is CC(C)(C)[Si](C)(C)O/C(=C\CP(=O)(c1ccccc1)c1ccccc1)c1ccccc1. The first-order chi connectivity index (χ1) is 14.6. The topological polar surface area (TPSA) is 26.3 Å². The smallest absolute Gasteiger partial charge is 0.250 e. The van der Waals surface area contributed by atoms with Gasteiger partial charge in [0.2, 0.25) is 8.32 Å². The largest absolute Gasteiger partial charge is 0.543 e. The molecule has 3 aromatic carbocycles. The lowest BCUT2D eigenvalue weighted by Gasteiger charge is -2.37. The van der Waals surface area contributed by atoms with Crippen LogP contribution in [-0.4, -0.2) is 14.5 Å². The Kier molecular flexibility index (Phi) is 7.09. The van der Waals surface area contributed by atoms with E-state index in [0.717, 1.165) is 21.9 Å². The summed E-state index contributed by atoms with van der Waals surface area (Å²) in [4.78, 5) is 0. The molecular weight excluding hydrogens is 415 g/mol. The van der Waals surface area contributed by atoms with Crippen molar-refractivity contribution in [1.29, 1.82) is 0 Å². The standard InChI is InChI=1S/C27H33O2PSi/c1-27(2,3)31(4,5)29-26(23-15-9-6-10-16-23)21-22-30(28,24-17-11-7-12-18-24)25-19-13-8-14-20-25/h6-21H,22H2,1-5H3/b26-21-. The zero-order chi connectivity index (χ0) is 22.5. The van der Waals surface area contributed by atoms with E-state index in [1.54, 1.807) is 0 Å². The third kappa shape index (κ3) is 5.47. The van der Waals surface area contributed by atoms with Crippen LogP contribution in [0.25, 0.3) is 5.76 Å². The van der Waals surface area contributed by atoms with Crippen molar-refractivity contribution in [3.8, 4) is 0 Å². The molecule has 162 valence electrons. The van der Waals surface area contributed by atoms with Crippen molar-refractivity contribution in [1.82, 2.24) is 0 Å². The Hall–Kier alpha value is -2.35. The van der Waals surface area contributed by atoms with Gasteiger partial charge in [0, 0.05) is 22.3 Å². The summed E-state index contributed by atoms with van der Waals surface area (Å²) in [6, 6.07) is 29.8. The summed E-state index contributed by atoms with van der Waals surface area (Å²) in [6.45, 7) is 11.2. The number of allylic oxidation sites excluding steroid dienone is 1. The first-order valence-electron chi connectivity index (χ1n) is 10.8. The van der Waals surface area contributed by atoms with Gasteiger partial charge < -0.3 is 8.99 Å². The predicted molar refractivity (Wildman–Crippen MR) is 137 cm³/mol. The minimum absolute atomic E-state index is 0.0728. The van der Waals surface area contributed by atoms with Gasteiger partial charge in [-0.1, -0.05) is 112 Å². The molecule has 4 heteroatoms. The molecule has 3 aromatic rings. The molecule has 0 radical (unpaired) electrons. The molecule has 0 aliphatic rings. The van der Waals surface area contributed by atoms with Crippen LogP contribution < -0.4 is 10.6 Å². The van der Waals surface area contributed by atoms with Crippen molar-refractivity contribution in [2.24, 2.45) is 0 Å². The zero-order valence-electron chi connectivity index (χ0n) is 19.2. The van der Waals surface area contributed by atoms with Crippen LogP contribution in [0.4, 0.5) is 0 Å². The van der Waals surface area contributed by atoms with Gasteiger partial charge in [-0.05, 0) is 24.2 Å². The highest BCUT2D eigenvalue weighted by atomic mass is 31.2. The molecule has 2 nitrogen and oxygen atoms in total. The fraction of sp³-hybridized carbons (Fsp3) is 0.259. The number of hydrogen-bond acceptors (Lipinski definition) is 2. The van der Waals surface area contributed by atoms with E-state index in [1.165, 1.54) is 0 Å². The van der Waals surface area contributed by atoms with Crippen LogP contribution in [0.1, 0.15) is 26.3 Å². The summed E-state index contributed by atoms with van der Waals surface area (Å²) in [7, 11) is -4.91. The van der Waals surface area contributed by atoms with Crippen LogP contribution in [0.2, 0.25) is 18.1 Å². The third-order valence-electron chi connectivity index (χ3n) is 6.11. The van der Waals surface area contributed by atoms with Crippen LogP contribution in [-0.2, 0) is 8.99 Å². The van der Waals surface area contributed by atoms with Crippen LogP contribution in [0.15, 0.2) is 97.1 Å². The maximum absolute atomic E-state index is 14.4. The molecule has 0 amide bonds. The molecule has 0 fully saturated rings. The van der Waals surface area contributed by atoms with Crippen molar-refractivity contribution in [2.45, 2.75) is 38.9 Å². The third-order valence-corrected chi connectivity index (χ3v) is 13.4. The molecule has 0 aromatic heterocycles. The monoisotopic (exact) mass is 448 g/mol. The van der Waals surface area contributed by atoms with Crippen LogP contribution in [0.5, 0.6) is 0 Å². The van der Waals surface area contributed by atoms with Gasteiger partial charge in [-0.2, -0.15) is 0 Å². The summed E-state index contributed by atoms with van der Waals surface area (Å²) in [5.74, 6) is 0.833. The van der Waals surface area contributed by atoms with E-state index >= 15 is 0 Å². The first kappa shape index (κ1) is 23.3. The molecule has 0 atom stereocenters. The Morgan fingerprint density at radius 1 is 0.806 bits per heavy atom. The fourth-order valence-electron chi connectivity index (χ4n) is 3.16. The molecule has 0 aliphatic heterocycles. The molecule has 0 saturated carbocycles. The Morgan fingerprint density at radius 3 is 1.65 bits per heavy atom. The number of hydrogen-bond donors (Lipinski definition) is 0. The van der Waals surface area contributed by atoms with E-state index < -0.39 is 15.5 Å². The van der Waals surface area contributed by atoms with Gasteiger partial charge >= 0.3 is 0 Å². The van der Waals surface area contributed by atoms with Gasteiger partial charge in [0.05, 0.1) is 0 Å². The Bertz CT molecular complexity index is 1010. The summed E-state index contributed by atoms with van der Waals surface area (Å²) >= 11 is 0. The molecule has 0 spiro atoms. The summed E-state index contributed by atoms with van der Waals surface area (Å²) in [6.07, 6.45) is 2.47. The molecule has 3 rings (SSSR count). The summed E-state index contributed by atoms with van der Waals surface area (Å²) < 4.78 is 21.2. The molecule has 0 N–H and O–H groups in total. The second-order valence-corrected chi connectivity index (χ2v) is 17.0. The van der Waals surface area contributed by atoms with Crippen LogP contribution in [0.3, 0.4) is 0 Å². The van der Waals surface area contributed by atoms with Crippen molar-refractivity contribution in [3.63, 3.8) is 0 Å². The lowest BCUT2D eigenvalue weighted by molar-refractivity contribution is 0.457. The van der Waals surface area contributed by atoms with E-state index in [2.05, 4.69) is 52.1 Å². The lowest BCUT2D eigenvalue weighted by atomic mass is 10.2. The van der Waals surface area contributed by atoms with Gasteiger partial charge in [-0.15, -0.1) is 0 Å². The number of benzene rings is 3. The van der Waals surface area contributed by atoms with E-state index in [-0.39, 0.29) is 5.04 Å². The van der Waals surface area contributed by atoms with E-state index in [1.807, 2.05) is 78.9 Å². The maximum Gasteiger partial charge on any atom is 0.250 e. The number of rotatable bonds is 7. The Labute approximate surface area is 188 Å². The lowest BCUT2D eigenvalue weighted by Crippen LogP contribution is -2.40. The minimum Gasteiger partial charge on any atom is -0.543 e. The molecule has 0 unspecified atom stereocenters. The Morgan fingerprint density at radius 2 is 1.23 bits per heavy atom. The second-order valence-electron chi connectivity index (χ2n) is 9.39. The average molecular weight is 449 g/mol. The molecule has 0 saturated heterocycles. The van der Waals surface area contributed by atoms with Gasteiger partial charge in [0.15, 0.2) is 0 Å². The molecule has 31 heavy (non-hydrogen) atoms. The normalized spacial score (nSPS) is 13.1. The average Bonchev–Trinajstić information content (AvgIpc) is 2.77. The molecule has 0 aliphatic carbocycles. The minimum atomic E-state index is -2.85. The maximum atomic E-state index is 14.4. The van der Waals surface area contributed by atoms with E-state index in [4.69, 9.17) is 4.43 Å². The summed E-state index contributed by atoms with van der Waals surface area (Å²) in [5.41, 5.74) is 1.03. The van der Waals surface area contributed by atoms with E-state index in [0.29, 0.717) is 6.16 Å². The van der Waals surface area contributed by atoms with Crippen molar-refractivity contribution in [2.75, 3.05) is 6.16 Å². The highest BCUT2D eigenvalue weighted by Crippen LogP contribution is 2.45. The van der Waals surface area contributed by atoms with Crippen molar-refractivity contribution < 1.29 is 8.99 Å². The van der Waals surface area contributed by atoms with E-state index in [9.17, 15) is 4.57 Å². The quantitative estimate of drug-likeness (QED) is 0.220. The van der Waals surface area contributed by atoms with Crippen molar-refractivity contribution >= 4 is 31.8 Å². The highest BCUT2D eigenvalue weighted by Gasteiger charge is 2.39. The molecule has 0 heterocycles. The zero-order valence-corrected chi connectivity index (χ0v) is 21.1. The second kappa shape index (κ2) is 9.42.